The van der Waals surface area contributed by atoms with Gasteiger partial charge in [-0.05, 0) is 17.9 Å². The zero-order valence-corrected chi connectivity index (χ0v) is 22.4. The average Bonchev–Trinajstić information content (AvgIpc) is 2.92. The molecule has 0 saturated carbocycles. The van der Waals surface area contributed by atoms with E-state index in [4.69, 9.17) is 9.31 Å². The van der Waals surface area contributed by atoms with Gasteiger partial charge in [0.05, 0.1) is 32.1 Å². The van der Waals surface area contributed by atoms with E-state index in [-0.39, 0.29) is 24.5 Å². The van der Waals surface area contributed by atoms with Crippen LogP contribution in [0, 0.1) is 5.92 Å². The zero-order valence-electron chi connectivity index (χ0n) is 22.4. The maximum atomic E-state index is 13.6. The number of hydrogen-bond acceptors (Lipinski definition) is 10. The summed E-state index contributed by atoms with van der Waals surface area (Å²) >= 11 is 0. The van der Waals surface area contributed by atoms with Gasteiger partial charge in [0.1, 0.15) is 11.7 Å². The van der Waals surface area contributed by atoms with Gasteiger partial charge < -0.3 is 29.8 Å². The van der Waals surface area contributed by atoms with Crippen LogP contribution in [-0.4, -0.2) is 76.6 Å². The molecule has 2 heterocycles. The maximum absolute atomic E-state index is 13.6. The zero-order chi connectivity index (χ0) is 29.3. The van der Waals surface area contributed by atoms with Gasteiger partial charge in [0.2, 0.25) is 5.91 Å². The third kappa shape index (κ3) is 8.09. The molecule has 3 N–H and O–H groups in total. The molecule has 1 aliphatic rings. The van der Waals surface area contributed by atoms with E-state index in [2.05, 4.69) is 25.3 Å². The van der Waals surface area contributed by atoms with Gasteiger partial charge in [-0.1, -0.05) is 44.2 Å². The summed E-state index contributed by atoms with van der Waals surface area (Å²) in [5.74, 6) is -5.70. The van der Waals surface area contributed by atoms with Crippen molar-refractivity contribution < 1.29 is 43.1 Å². The van der Waals surface area contributed by atoms with Gasteiger partial charge in [0.25, 0.3) is 11.9 Å². The summed E-state index contributed by atoms with van der Waals surface area (Å²) in [5, 5.41) is 15.3. The van der Waals surface area contributed by atoms with E-state index in [1.165, 1.54) is 18.6 Å². The number of ether oxygens (including phenoxy) is 1. The molecule has 2 aromatic rings. The molecule has 1 aromatic carbocycles. The highest BCUT2D eigenvalue weighted by Crippen LogP contribution is 2.30. The largest absolute Gasteiger partial charge is 0.552 e. The minimum absolute atomic E-state index is 0.00527. The molecule has 2 amide bonds. The third-order valence-corrected chi connectivity index (χ3v) is 6.15. The van der Waals surface area contributed by atoms with E-state index < -0.39 is 67.3 Å². The predicted molar refractivity (Wildman–Crippen MR) is 139 cm³/mol. The predicted octanol–water partition coefficient (Wildman–Crippen LogP) is 0.726. The number of esters is 1. The first kappa shape index (κ1) is 30.2. The van der Waals surface area contributed by atoms with Crippen LogP contribution in [0.2, 0.25) is 0 Å². The fraction of sp³-hybridized carbons (Fsp3) is 0.423. The second-order valence-electron chi connectivity index (χ2n) is 9.76. The summed E-state index contributed by atoms with van der Waals surface area (Å²) in [6, 6.07) is 7.88. The fourth-order valence-electron chi connectivity index (χ4n) is 4.20. The molecule has 0 radical (unpaired) electrons. The lowest BCUT2D eigenvalue weighted by molar-refractivity contribution is -0.175. The van der Waals surface area contributed by atoms with Crippen LogP contribution in [-0.2, 0) is 39.6 Å². The molecule has 1 saturated heterocycles. The first-order valence-electron chi connectivity index (χ1n) is 12.6. The quantitative estimate of drug-likeness (QED) is 0.248. The minimum atomic E-state index is -2.24. The molecule has 1 aliphatic heterocycles. The lowest BCUT2D eigenvalue weighted by Crippen LogP contribution is -2.63. The van der Waals surface area contributed by atoms with E-state index in [1.54, 1.807) is 24.3 Å². The number of carbonyl (C=O) groups excluding carboxylic acids is 4. The van der Waals surface area contributed by atoms with E-state index in [0.29, 0.717) is 0 Å². The molecule has 212 valence electrons. The Bertz CT molecular complexity index is 1220. The Morgan fingerprint density at radius 2 is 1.88 bits per heavy atom. The molecule has 0 aliphatic carbocycles. The Balaban J connectivity index is 1.88. The maximum Gasteiger partial charge on any atom is 0.552 e. The lowest BCUT2D eigenvalue weighted by atomic mass is 9.70. The monoisotopic (exact) mass is 554 g/mol. The molecular weight excluding hydrogens is 523 g/mol. The highest BCUT2D eigenvalue weighted by atomic mass is 16.7. The molecule has 3 rings (SSSR count). The number of carboxylic acids is 1. The number of benzene rings is 1. The number of aliphatic carboxylic acids is 1. The number of amides is 2. The standard InChI is InChI=1S/C26H31BN4O9/c1-16(2)11-20(27-39-22(33)14-26(40-27,25(36)37)13-21(32)38-3)31-23(34)18(12-17-7-5-4-6-8-17)30-24(35)19-15-28-9-10-29-19/h4-10,15-16,18,20H,11-14H2,1-3H3,(H,30,35)(H,31,34)(H,36,37)/t18-,20-,26+/m0/s1. The Morgan fingerprint density at radius 3 is 2.48 bits per heavy atom. The van der Waals surface area contributed by atoms with Crippen molar-refractivity contribution in [2.45, 2.75) is 57.1 Å². The molecule has 3 atom stereocenters. The smallest absolute Gasteiger partial charge is 0.508 e. The number of methoxy groups -OCH3 is 1. The van der Waals surface area contributed by atoms with Crippen molar-refractivity contribution in [1.29, 1.82) is 0 Å². The van der Waals surface area contributed by atoms with Crippen LogP contribution in [0.25, 0.3) is 0 Å². The van der Waals surface area contributed by atoms with Crippen LogP contribution in [0.5, 0.6) is 0 Å². The number of carboxylic acid groups (broad SMARTS) is 1. The van der Waals surface area contributed by atoms with Gasteiger partial charge in [0.15, 0.2) is 5.60 Å². The van der Waals surface area contributed by atoms with Crippen LogP contribution < -0.4 is 10.6 Å². The lowest BCUT2D eigenvalue weighted by Gasteiger charge is -2.38. The minimum Gasteiger partial charge on any atom is -0.508 e. The summed E-state index contributed by atoms with van der Waals surface area (Å²) in [4.78, 5) is 71.0. The van der Waals surface area contributed by atoms with Crippen LogP contribution >= 0.6 is 0 Å². The highest BCUT2D eigenvalue weighted by molar-refractivity contribution is 6.50. The first-order valence-corrected chi connectivity index (χ1v) is 12.6. The van der Waals surface area contributed by atoms with E-state index in [0.717, 1.165) is 12.7 Å². The average molecular weight is 554 g/mol. The summed E-state index contributed by atoms with van der Waals surface area (Å²) in [6.45, 7) is 3.69. The van der Waals surface area contributed by atoms with Crippen LogP contribution in [0.4, 0.5) is 0 Å². The van der Waals surface area contributed by atoms with Crippen molar-refractivity contribution in [3.63, 3.8) is 0 Å². The second kappa shape index (κ2) is 13.6. The van der Waals surface area contributed by atoms with Crippen molar-refractivity contribution in [3.05, 3.63) is 60.2 Å². The van der Waals surface area contributed by atoms with Crippen molar-refractivity contribution in [1.82, 2.24) is 20.6 Å². The number of rotatable bonds is 12. The molecule has 1 fully saturated rings. The normalized spacial score (nSPS) is 18.3. The van der Waals surface area contributed by atoms with E-state index >= 15 is 0 Å². The first-order chi connectivity index (χ1) is 19.0. The SMILES string of the molecule is COC(=O)C[C@]1(C(=O)O)CC(=O)OB([C@H](CC(C)C)NC(=O)[C@H](Cc2ccccc2)NC(=O)c2cnccn2)O1. The fourth-order valence-corrected chi connectivity index (χ4v) is 4.20. The van der Waals surface area contributed by atoms with E-state index in [9.17, 15) is 29.1 Å². The Labute approximate surface area is 231 Å². The van der Waals surface area contributed by atoms with E-state index in [1.807, 2.05) is 19.9 Å². The molecule has 13 nitrogen and oxygen atoms in total. The van der Waals surface area contributed by atoms with Gasteiger partial charge in [0, 0.05) is 18.8 Å². The second-order valence-corrected chi connectivity index (χ2v) is 9.76. The Hall–Kier alpha value is -4.33. The molecule has 14 heteroatoms. The van der Waals surface area contributed by atoms with Crippen molar-refractivity contribution in [2.75, 3.05) is 7.11 Å². The van der Waals surface area contributed by atoms with Crippen molar-refractivity contribution >= 4 is 36.8 Å². The molecule has 0 unspecified atom stereocenters. The van der Waals surface area contributed by atoms with Crippen LogP contribution in [0.3, 0.4) is 0 Å². The third-order valence-electron chi connectivity index (χ3n) is 6.15. The van der Waals surface area contributed by atoms with Crippen molar-refractivity contribution in [2.24, 2.45) is 5.92 Å². The van der Waals surface area contributed by atoms with Gasteiger partial charge in [-0.2, -0.15) is 0 Å². The van der Waals surface area contributed by atoms with Gasteiger partial charge in [-0.15, -0.1) is 0 Å². The van der Waals surface area contributed by atoms with Gasteiger partial charge >= 0.3 is 19.1 Å². The van der Waals surface area contributed by atoms with Gasteiger partial charge in [-0.25, -0.2) is 9.78 Å². The topological polar surface area (TPSA) is 183 Å². The number of carbonyl (C=O) groups is 5. The highest BCUT2D eigenvalue weighted by Gasteiger charge is 2.55. The molecule has 40 heavy (non-hydrogen) atoms. The molecule has 0 bridgehead atoms. The number of aromatic nitrogens is 2. The molecular formula is C26H31BN4O9. The Kier molecular flexibility index (Phi) is 10.3. The summed E-state index contributed by atoms with van der Waals surface area (Å²) < 4.78 is 15.6. The van der Waals surface area contributed by atoms with Gasteiger partial charge in [-0.3, -0.25) is 24.2 Å². The number of nitrogens with zero attached hydrogens (tertiary/aromatic N) is 2. The van der Waals surface area contributed by atoms with Crippen LogP contribution in [0.15, 0.2) is 48.9 Å². The number of nitrogens with one attached hydrogen (secondary N) is 2. The summed E-state index contributed by atoms with van der Waals surface area (Å²) in [5.41, 5.74) is -1.48. The number of hydrogen-bond donors (Lipinski definition) is 3. The summed E-state index contributed by atoms with van der Waals surface area (Å²) in [7, 11) is -0.443. The molecule has 0 spiro atoms. The molecule has 1 aromatic heterocycles. The van der Waals surface area contributed by atoms with Crippen LogP contribution in [0.1, 0.15) is 49.2 Å². The van der Waals surface area contributed by atoms with Crippen molar-refractivity contribution in [3.8, 4) is 0 Å². The Morgan fingerprint density at radius 1 is 1.15 bits per heavy atom. The summed E-state index contributed by atoms with van der Waals surface area (Å²) in [6.07, 6.45) is 2.88.